The molecule has 1 fully saturated rings. The van der Waals surface area contributed by atoms with Crippen LogP contribution in [0.25, 0.3) is 0 Å². The van der Waals surface area contributed by atoms with E-state index in [4.69, 9.17) is 24.7 Å². The number of ether oxygens (including phenoxy) is 4. The van der Waals surface area contributed by atoms with Crippen LogP contribution < -0.4 is 11.1 Å². The monoisotopic (exact) mass is 544 g/mol. The molecule has 0 aromatic rings. The molecule has 1 unspecified atom stereocenters. The van der Waals surface area contributed by atoms with E-state index in [1.54, 1.807) is 26.2 Å². The van der Waals surface area contributed by atoms with Crippen molar-refractivity contribution >= 4 is 23.6 Å². The molecule has 2 aliphatic heterocycles. The highest BCUT2D eigenvalue weighted by Gasteiger charge is 2.45. The third-order valence-electron chi connectivity index (χ3n) is 7.19. The van der Waals surface area contributed by atoms with Crippen LogP contribution in [0.1, 0.15) is 34.1 Å². The zero-order valence-corrected chi connectivity index (χ0v) is 22.9. The molecular formula is C28H36N2O9. The van der Waals surface area contributed by atoms with Crippen LogP contribution in [0.3, 0.4) is 0 Å². The van der Waals surface area contributed by atoms with E-state index in [0.29, 0.717) is 12.0 Å². The number of fused-ring (bicyclic) bond motifs is 4. The van der Waals surface area contributed by atoms with E-state index in [1.165, 1.54) is 20.1 Å². The van der Waals surface area contributed by atoms with Crippen LogP contribution in [-0.2, 0) is 33.3 Å². The van der Waals surface area contributed by atoms with Gasteiger partial charge >= 0.3 is 6.09 Å². The van der Waals surface area contributed by atoms with E-state index in [9.17, 15) is 24.3 Å². The molecule has 0 spiro atoms. The normalized spacial score (nSPS) is 36.0. The lowest BCUT2D eigenvalue weighted by Gasteiger charge is -2.43. The Morgan fingerprint density at radius 3 is 2.46 bits per heavy atom. The van der Waals surface area contributed by atoms with E-state index in [0.717, 1.165) is 6.08 Å². The van der Waals surface area contributed by atoms with Gasteiger partial charge in [0.2, 0.25) is 11.6 Å². The van der Waals surface area contributed by atoms with E-state index in [2.05, 4.69) is 5.32 Å². The molecule has 2 amide bonds. The number of hydrogen-bond acceptors (Lipinski definition) is 9. The number of carbonyl (C=O) groups is 4. The van der Waals surface area contributed by atoms with Crippen LogP contribution in [-0.4, -0.2) is 73.4 Å². The van der Waals surface area contributed by atoms with Crippen molar-refractivity contribution in [2.24, 2.45) is 17.6 Å². The Labute approximate surface area is 227 Å². The summed E-state index contributed by atoms with van der Waals surface area (Å²) in [5.74, 6) is -3.55. The standard InChI is InChI=1S/C28H36N2O9/c1-13-8-7-9-19(36-5)24(39-28(29)35)14(2)10-15(3)25-20(37-6)11-16(4)26(38-25)21-22(32)17(30-27(13)34)12-18(31)23(21)33/h7-10,12,15-16,19-20,24-26,32H,11H2,1-6H3,(H2,29,35)(H,30,34)/b9-7-,13-8+,14-10+/t15-,16-,19-,20-,24-,25+,26?/m0/s1. The summed E-state index contributed by atoms with van der Waals surface area (Å²) in [5.41, 5.74) is 5.80. The molecule has 11 heteroatoms. The van der Waals surface area contributed by atoms with Gasteiger partial charge in [-0.2, -0.15) is 0 Å². The van der Waals surface area contributed by atoms with Gasteiger partial charge in [-0.3, -0.25) is 14.4 Å². The van der Waals surface area contributed by atoms with Crippen molar-refractivity contribution in [2.45, 2.75) is 64.6 Å². The summed E-state index contributed by atoms with van der Waals surface area (Å²) >= 11 is 0. The number of amides is 2. The number of nitrogens with two attached hydrogens (primary N) is 1. The Bertz CT molecular complexity index is 1180. The molecule has 1 aliphatic carbocycles. The topological polar surface area (TPSA) is 163 Å². The summed E-state index contributed by atoms with van der Waals surface area (Å²) in [6, 6.07) is 0. The first-order valence-corrected chi connectivity index (χ1v) is 12.6. The lowest BCUT2D eigenvalue weighted by atomic mass is 9.80. The van der Waals surface area contributed by atoms with Crippen molar-refractivity contribution in [2.75, 3.05) is 14.2 Å². The molecule has 212 valence electrons. The zero-order chi connectivity index (χ0) is 29.0. The maximum atomic E-state index is 13.0. The molecule has 7 atom stereocenters. The van der Waals surface area contributed by atoms with E-state index in [-0.39, 0.29) is 34.8 Å². The number of rotatable bonds is 3. The van der Waals surface area contributed by atoms with Crippen molar-refractivity contribution in [3.05, 3.63) is 58.6 Å². The first kappa shape index (κ1) is 30.0. The summed E-state index contributed by atoms with van der Waals surface area (Å²) in [6.45, 7) is 6.99. The van der Waals surface area contributed by atoms with Gasteiger partial charge in [0.05, 0.1) is 29.6 Å². The van der Waals surface area contributed by atoms with Crippen LogP contribution in [0.15, 0.2) is 58.6 Å². The van der Waals surface area contributed by atoms with Crippen molar-refractivity contribution in [1.82, 2.24) is 5.32 Å². The lowest BCUT2D eigenvalue weighted by molar-refractivity contribution is -0.156. The second kappa shape index (κ2) is 12.5. The van der Waals surface area contributed by atoms with Gasteiger partial charge in [-0.25, -0.2) is 4.79 Å². The number of primary amides is 1. The first-order chi connectivity index (χ1) is 18.4. The molecule has 1 saturated heterocycles. The third kappa shape index (κ3) is 6.55. The van der Waals surface area contributed by atoms with E-state index < -0.39 is 53.7 Å². The molecule has 2 heterocycles. The van der Waals surface area contributed by atoms with Crippen LogP contribution in [0.4, 0.5) is 4.79 Å². The summed E-state index contributed by atoms with van der Waals surface area (Å²) in [7, 11) is 3.00. The number of methoxy groups -OCH3 is 2. The van der Waals surface area contributed by atoms with Gasteiger partial charge < -0.3 is 35.1 Å². The molecule has 39 heavy (non-hydrogen) atoms. The number of carbonyl (C=O) groups excluding carboxylic acids is 4. The van der Waals surface area contributed by atoms with Gasteiger partial charge in [-0.1, -0.05) is 38.2 Å². The summed E-state index contributed by atoms with van der Waals surface area (Å²) in [6.07, 6.45) is 3.29. The highest BCUT2D eigenvalue weighted by Crippen LogP contribution is 2.37. The Hall–Kier alpha value is -3.54. The number of aliphatic hydroxyl groups excluding tert-OH is 1. The van der Waals surface area contributed by atoms with Crippen LogP contribution in [0.2, 0.25) is 0 Å². The molecule has 0 aromatic heterocycles. The van der Waals surface area contributed by atoms with Gasteiger partial charge in [0.1, 0.15) is 11.9 Å². The fourth-order valence-corrected chi connectivity index (χ4v) is 5.13. The zero-order valence-electron chi connectivity index (χ0n) is 22.9. The quantitative estimate of drug-likeness (QED) is 0.275. The largest absolute Gasteiger partial charge is 0.505 e. The third-order valence-corrected chi connectivity index (χ3v) is 7.19. The predicted molar refractivity (Wildman–Crippen MR) is 140 cm³/mol. The number of aliphatic hydroxyl groups is 1. The molecule has 4 N–H and O–H groups in total. The molecule has 0 aromatic carbocycles. The van der Waals surface area contributed by atoms with E-state index in [1.807, 2.05) is 19.9 Å². The smallest absolute Gasteiger partial charge is 0.405 e. The molecule has 0 saturated carbocycles. The Balaban J connectivity index is 2.18. The number of allylic oxidation sites excluding steroid dienone is 3. The molecule has 3 aliphatic rings. The SMILES string of the molecule is CO[C@H]1/C=C\C=C(/C)C(=O)NC2=CC(=O)C(=O)C(=C2O)C2O[C@@H]([C@@H](OC)C[C@@H]2C)[C@@H](C)/C=C(\C)[C@@H]1OC(N)=O. The van der Waals surface area contributed by atoms with Gasteiger partial charge in [0, 0.05) is 31.8 Å². The Morgan fingerprint density at radius 2 is 1.85 bits per heavy atom. The fraction of sp³-hybridized carbons (Fsp3) is 0.500. The maximum Gasteiger partial charge on any atom is 0.405 e. The number of nitrogens with one attached hydrogen (secondary N) is 1. The van der Waals surface area contributed by atoms with Crippen LogP contribution >= 0.6 is 0 Å². The number of ketones is 2. The van der Waals surface area contributed by atoms with Crippen LogP contribution in [0, 0.1) is 11.8 Å². The van der Waals surface area contributed by atoms with Crippen molar-refractivity contribution in [3.63, 3.8) is 0 Å². The number of Topliss-reactive ketones (excluding diaryl/α,β-unsaturated/α-hetero) is 1. The minimum absolute atomic E-state index is 0.185. The minimum Gasteiger partial charge on any atom is -0.505 e. The Kier molecular flexibility index (Phi) is 9.65. The highest BCUT2D eigenvalue weighted by atomic mass is 16.6. The first-order valence-electron chi connectivity index (χ1n) is 12.6. The van der Waals surface area contributed by atoms with Gasteiger partial charge in [0.25, 0.3) is 5.91 Å². The molecule has 3 rings (SSSR count). The van der Waals surface area contributed by atoms with E-state index >= 15 is 0 Å². The molecule has 4 bridgehead atoms. The second-order valence-corrected chi connectivity index (χ2v) is 10.0. The highest BCUT2D eigenvalue weighted by molar-refractivity contribution is 6.48. The minimum atomic E-state index is -0.989. The second-order valence-electron chi connectivity index (χ2n) is 10.0. The average Bonchev–Trinajstić information content (AvgIpc) is 2.88. The Morgan fingerprint density at radius 1 is 1.15 bits per heavy atom. The molecule has 11 nitrogen and oxygen atoms in total. The van der Waals surface area contributed by atoms with Crippen molar-refractivity contribution in [3.8, 4) is 0 Å². The summed E-state index contributed by atoms with van der Waals surface area (Å²) in [5, 5.41) is 13.6. The fourth-order valence-electron chi connectivity index (χ4n) is 5.13. The van der Waals surface area contributed by atoms with Gasteiger partial charge in [-0.15, -0.1) is 0 Å². The predicted octanol–water partition coefficient (Wildman–Crippen LogP) is 2.34. The van der Waals surface area contributed by atoms with Crippen LogP contribution in [0.5, 0.6) is 0 Å². The van der Waals surface area contributed by atoms with Crippen molar-refractivity contribution < 1.29 is 43.2 Å². The van der Waals surface area contributed by atoms with Gasteiger partial charge in [-0.05, 0) is 31.8 Å². The van der Waals surface area contributed by atoms with Gasteiger partial charge in [0.15, 0.2) is 6.10 Å². The summed E-state index contributed by atoms with van der Waals surface area (Å²) < 4.78 is 23.1. The molecular weight excluding hydrogens is 508 g/mol. The maximum absolute atomic E-state index is 13.0. The van der Waals surface area contributed by atoms with Crippen molar-refractivity contribution in [1.29, 1.82) is 0 Å². The number of hydrogen-bond donors (Lipinski definition) is 3. The lowest BCUT2D eigenvalue weighted by Crippen LogP contribution is -2.50. The summed E-state index contributed by atoms with van der Waals surface area (Å²) in [4.78, 5) is 50.2. The molecule has 0 radical (unpaired) electrons. The average molecular weight is 545 g/mol.